The molecule has 3 rings (SSSR count). The Bertz CT molecular complexity index is 668. The molecule has 1 N–H and O–H groups in total. The fraction of sp³-hybridized carbons (Fsp3) is 0.250. The van der Waals surface area contributed by atoms with Crippen molar-refractivity contribution >= 4 is 42.4 Å². The van der Waals surface area contributed by atoms with E-state index in [-0.39, 0.29) is 24.8 Å². The second-order valence-electron chi connectivity index (χ2n) is 5.20. The van der Waals surface area contributed by atoms with Gasteiger partial charge in [-0.1, -0.05) is 23.7 Å². The molecule has 0 radical (unpaired) electrons. The van der Waals surface area contributed by atoms with Crippen LogP contribution in [0.5, 0.6) is 0 Å². The van der Waals surface area contributed by atoms with E-state index >= 15 is 0 Å². The third-order valence-electron chi connectivity index (χ3n) is 3.77. The summed E-state index contributed by atoms with van der Waals surface area (Å²) in [7, 11) is 0. The molecule has 0 spiro atoms. The van der Waals surface area contributed by atoms with Gasteiger partial charge in [-0.25, -0.2) is 0 Å². The molecular weight excluding hydrogens is 359 g/mol. The lowest BCUT2D eigenvalue weighted by Crippen LogP contribution is -2.45. The van der Waals surface area contributed by atoms with E-state index in [0.717, 1.165) is 16.8 Å². The van der Waals surface area contributed by atoms with Crippen LogP contribution >= 0.6 is 36.4 Å². The van der Waals surface area contributed by atoms with Crippen molar-refractivity contribution in [3.05, 3.63) is 64.4 Å². The van der Waals surface area contributed by atoms with E-state index in [1.54, 1.807) is 6.20 Å². The second kappa shape index (κ2) is 8.50. The first-order valence-corrected chi connectivity index (χ1v) is 7.15. The lowest BCUT2D eigenvalue weighted by atomic mass is 9.94. The Kier molecular flexibility index (Phi) is 7.29. The molecule has 23 heavy (non-hydrogen) atoms. The van der Waals surface area contributed by atoms with Crippen molar-refractivity contribution in [2.45, 2.75) is 25.6 Å². The zero-order valence-corrected chi connectivity index (χ0v) is 14.6. The molecule has 4 nitrogen and oxygen atoms in total. The molecule has 0 saturated carbocycles. The molecule has 2 aromatic rings. The van der Waals surface area contributed by atoms with Crippen molar-refractivity contribution in [3.63, 3.8) is 0 Å². The third-order valence-corrected chi connectivity index (χ3v) is 4.01. The topological polar surface area (TPSA) is 53.4 Å². The lowest BCUT2D eigenvalue weighted by molar-refractivity contribution is -0.144. The van der Waals surface area contributed by atoms with Gasteiger partial charge in [-0.15, -0.1) is 24.8 Å². The SMILES string of the molecule is Cl.Cl.O=C(O)C1Cc2ccc(Cl)cc2CN1Cc1ccccn1. The molecule has 1 aliphatic rings. The zero-order chi connectivity index (χ0) is 14.8. The Balaban J connectivity index is 0.00000132. The highest BCUT2D eigenvalue weighted by Crippen LogP contribution is 2.27. The second-order valence-corrected chi connectivity index (χ2v) is 5.63. The number of aliphatic carboxylic acids is 1. The van der Waals surface area contributed by atoms with Crippen LogP contribution < -0.4 is 0 Å². The van der Waals surface area contributed by atoms with Crippen LogP contribution in [0, 0.1) is 0 Å². The number of benzene rings is 1. The third kappa shape index (κ3) is 4.58. The fourth-order valence-electron chi connectivity index (χ4n) is 2.72. The van der Waals surface area contributed by atoms with Gasteiger partial charge >= 0.3 is 5.97 Å². The minimum absolute atomic E-state index is 0. The highest BCUT2D eigenvalue weighted by atomic mass is 35.5. The van der Waals surface area contributed by atoms with Gasteiger partial charge in [0.05, 0.1) is 5.69 Å². The van der Waals surface area contributed by atoms with Crippen LogP contribution in [0.4, 0.5) is 0 Å². The van der Waals surface area contributed by atoms with E-state index in [9.17, 15) is 9.90 Å². The maximum Gasteiger partial charge on any atom is 0.321 e. The number of hydrogen-bond donors (Lipinski definition) is 1. The standard InChI is InChI=1S/C16H15ClN2O2.2ClH/c17-13-5-4-11-8-15(16(20)21)19(9-12(11)7-13)10-14-3-1-2-6-18-14;;/h1-7,15H,8-10H2,(H,20,21);2*1H. The molecule has 7 heteroatoms. The average Bonchev–Trinajstić information content (AvgIpc) is 2.47. The van der Waals surface area contributed by atoms with Crippen LogP contribution in [0.1, 0.15) is 16.8 Å². The predicted octanol–water partition coefficient (Wildman–Crippen LogP) is 3.59. The van der Waals surface area contributed by atoms with E-state index in [0.29, 0.717) is 24.5 Å². The molecule has 0 amide bonds. The van der Waals surface area contributed by atoms with Crippen molar-refractivity contribution < 1.29 is 9.90 Å². The molecule has 0 aliphatic carbocycles. The van der Waals surface area contributed by atoms with E-state index in [2.05, 4.69) is 4.98 Å². The van der Waals surface area contributed by atoms with Crippen LogP contribution in [-0.2, 0) is 24.3 Å². The minimum Gasteiger partial charge on any atom is -0.480 e. The molecule has 124 valence electrons. The molecule has 1 aliphatic heterocycles. The number of carbonyl (C=O) groups is 1. The van der Waals surface area contributed by atoms with Crippen molar-refractivity contribution in [2.24, 2.45) is 0 Å². The Morgan fingerprint density at radius 2 is 2.04 bits per heavy atom. The first kappa shape index (κ1) is 19.7. The van der Waals surface area contributed by atoms with Gasteiger partial charge in [-0.05, 0) is 41.8 Å². The summed E-state index contributed by atoms with van der Waals surface area (Å²) in [6, 6.07) is 10.8. The van der Waals surface area contributed by atoms with Gasteiger partial charge in [0.2, 0.25) is 0 Å². The molecule has 0 saturated heterocycles. The van der Waals surface area contributed by atoms with Gasteiger partial charge in [0.15, 0.2) is 0 Å². The molecule has 1 aromatic heterocycles. The number of fused-ring (bicyclic) bond motifs is 1. The monoisotopic (exact) mass is 374 g/mol. The summed E-state index contributed by atoms with van der Waals surface area (Å²) in [6.07, 6.45) is 2.22. The summed E-state index contributed by atoms with van der Waals surface area (Å²) in [6.45, 7) is 1.09. The van der Waals surface area contributed by atoms with Crippen LogP contribution in [0.3, 0.4) is 0 Å². The summed E-state index contributed by atoms with van der Waals surface area (Å²) in [5, 5.41) is 10.2. The Labute approximate surface area is 152 Å². The summed E-state index contributed by atoms with van der Waals surface area (Å²) in [5.41, 5.74) is 3.02. The Hall–Kier alpha value is -1.33. The predicted molar refractivity (Wildman–Crippen MR) is 94.6 cm³/mol. The maximum atomic E-state index is 11.5. The first-order valence-electron chi connectivity index (χ1n) is 6.77. The van der Waals surface area contributed by atoms with Gasteiger partial charge in [-0.2, -0.15) is 0 Å². The number of hydrogen-bond acceptors (Lipinski definition) is 3. The molecule has 1 aromatic carbocycles. The summed E-state index contributed by atoms with van der Waals surface area (Å²) in [5.74, 6) is -0.800. The zero-order valence-electron chi connectivity index (χ0n) is 12.2. The van der Waals surface area contributed by atoms with E-state index in [1.165, 1.54) is 0 Å². The maximum absolute atomic E-state index is 11.5. The van der Waals surface area contributed by atoms with Crippen molar-refractivity contribution in [2.75, 3.05) is 0 Å². The van der Waals surface area contributed by atoms with Gasteiger partial charge in [0.25, 0.3) is 0 Å². The Morgan fingerprint density at radius 1 is 1.26 bits per heavy atom. The minimum atomic E-state index is -0.800. The number of carboxylic acids is 1. The largest absolute Gasteiger partial charge is 0.480 e. The van der Waals surface area contributed by atoms with Gasteiger partial charge in [0.1, 0.15) is 6.04 Å². The summed E-state index contributed by atoms with van der Waals surface area (Å²) in [4.78, 5) is 17.8. The number of halogens is 3. The molecule has 1 atom stereocenters. The first-order chi connectivity index (χ1) is 10.1. The van der Waals surface area contributed by atoms with Crippen molar-refractivity contribution in [1.29, 1.82) is 0 Å². The smallest absolute Gasteiger partial charge is 0.321 e. The normalized spacial score (nSPS) is 16.7. The number of pyridine rings is 1. The molecule has 0 bridgehead atoms. The molecule has 2 heterocycles. The highest BCUT2D eigenvalue weighted by Gasteiger charge is 2.31. The Morgan fingerprint density at radius 3 is 2.70 bits per heavy atom. The molecule has 0 fully saturated rings. The van der Waals surface area contributed by atoms with Gasteiger partial charge in [-0.3, -0.25) is 14.7 Å². The van der Waals surface area contributed by atoms with Crippen LogP contribution in [-0.4, -0.2) is 27.0 Å². The van der Waals surface area contributed by atoms with Crippen molar-refractivity contribution in [3.8, 4) is 0 Å². The molecular formula is C16H17Cl3N2O2. The quantitative estimate of drug-likeness (QED) is 0.891. The summed E-state index contributed by atoms with van der Waals surface area (Å²) < 4.78 is 0. The number of nitrogens with zero attached hydrogens (tertiary/aromatic N) is 2. The van der Waals surface area contributed by atoms with Crippen LogP contribution in [0.15, 0.2) is 42.6 Å². The van der Waals surface area contributed by atoms with E-state index in [1.807, 2.05) is 41.3 Å². The number of carboxylic acid groups (broad SMARTS) is 1. The number of aromatic nitrogens is 1. The average molecular weight is 376 g/mol. The van der Waals surface area contributed by atoms with E-state index < -0.39 is 12.0 Å². The van der Waals surface area contributed by atoms with Crippen LogP contribution in [0.2, 0.25) is 5.02 Å². The van der Waals surface area contributed by atoms with E-state index in [4.69, 9.17) is 11.6 Å². The van der Waals surface area contributed by atoms with Gasteiger partial charge < -0.3 is 5.11 Å². The summed E-state index contributed by atoms with van der Waals surface area (Å²) >= 11 is 6.04. The van der Waals surface area contributed by atoms with Gasteiger partial charge in [0, 0.05) is 24.3 Å². The van der Waals surface area contributed by atoms with Crippen molar-refractivity contribution in [1.82, 2.24) is 9.88 Å². The lowest BCUT2D eigenvalue weighted by Gasteiger charge is -2.34. The number of rotatable bonds is 3. The molecule has 1 unspecified atom stereocenters. The highest BCUT2D eigenvalue weighted by molar-refractivity contribution is 6.30. The van der Waals surface area contributed by atoms with Crippen LogP contribution in [0.25, 0.3) is 0 Å². The fourth-order valence-corrected chi connectivity index (χ4v) is 2.91.